The van der Waals surface area contributed by atoms with Gasteiger partial charge in [0.15, 0.2) is 12.4 Å². The van der Waals surface area contributed by atoms with E-state index in [1.807, 2.05) is 6.07 Å². The van der Waals surface area contributed by atoms with E-state index in [0.717, 1.165) is 5.56 Å². The summed E-state index contributed by atoms with van der Waals surface area (Å²) in [6.07, 6.45) is 3.33. The van der Waals surface area contributed by atoms with Gasteiger partial charge in [0.1, 0.15) is 17.4 Å². The van der Waals surface area contributed by atoms with Gasteiger partial charge in [0.05, 0.1) is 10.5 Å². The second-order valence-electron chi connectivity index (χ2n) is 6.53. The molecule has 2 aromatic carbocycles. The van der Waals surface area contributed by atoms with Crippen LogP contribution in [0.25, 0.3) is 22.3 Å². The molecule has 0 atom stereocenters. The fourth-order valence-electron chi connectivity index (χ4n) is 2.85. The summed E-state index contributed by atoms with van der Waals surface area (Å²) >= 11 is 5.92. The molecule has 9 heteroatoms. The van der Waals surface area contributed by atoms with Gasteiger partial charge in [-0.05, 0) is 48.5 Å². The van der Waals surface area contributed by atoms with Crippen molar-refractivity contribution in [2.75, 3.05) is 19.0 Å². The molecule has 0 saturated heterocycles. The van der Waals surface area contributed by atoms with Crippen molar-refractivity contribution in [3.05, 3.63) is 71.8 Å². The summed E-state index contributed by atoms with van der Waals surface area (Å²) < 4.78 is 19.1. The number of fused-ring (bicyclic) bond motifs is 1. The zero-order valence-corrected chi connectivity index (χ0v) is 17.2. The van der Waals surface area contributed by atoms with E-state index in [2.05, 4.69) is 25.6 Å². The van der Waals surface area contributed by atoms with Gasteiger partial charge in [-0.15, -0.1) is 0 Å². The molecule has 2 aromatic heterocycles. The van der Waals surface area contributed by atoms with Crippen molar-refractivity contribution in [3.8, 4) is 17.1 Å². The Morgan fingerprint density at radius 1 is 1.16 bits per heavy atom. The molecule has 7 nitrogen and oxygen atoms in total. The van der Waals surface area contributed by atoms with E-state index < -0.39 is 5.82 Å². The Hall–Kier alpha value is -3.78. The van der Waals surface area contributed by atoms with Crippen molar-refractivity contribution in [1.29, 1.82) is 0 Å². The molecule has 4 rings (SSSR count). The number of benzene rings is 2. The summed E-state index contributed by atoms with van der Waals surface area (Å²) in [6, 6.07) is 13.2. The molecular weight excluding hydrogens is 421 g/mol. The topological polar surface area (TPSA) is 89.0 Å². The highest BCUT2D eigenvalue weighted by Crippen LogP contribution is 2.31. The fraction of sp³-hybridized carbons (Fsp3) is 0.0909. The van der Waals surface area contributed by atoms with Crippen LogP contribution in [-0.2, 0) is 4.79 Å². The number of hydrogen-bond acceptors (Lipinski definition) is 6. The van der Waals surface area contributed by atoms with Gasteiger partial charge in [-0.3, -0.25) is 9.78 Å². The summed E-state index contributed by atoms with van der Waals surface area (Å²) in [6.45, 7) is -0.118. The summed E-state index contributed by atoms with van der Waals surface area (Å²) in [5.41, 5.74) is 1.95. The number of rotatable bonds is 6. The number of anilines is 2. The normalized spacial score (nSPS) is 10.7. The lowest BCUT2D eigenvalue weighted by molar-refractivity contribution is -0.122. The predicted molar refractivity (Wildman–Crippen MR) is 117 cm³/mol. The molecule has 1 amide bonds. The first-order valence-electron chi connectivity index (χ1n) is 9.31. The second-order valence-corrected chi connectivity index (χ2v) is 6.94. The van der Waals surface area contributed by atoms with Gasteiger partial charge in [-0.25, -0.2) is 14.4 Å². The maximum Gasteiger partial charge on any atom is 0.257 e. The van der Waals surface area contributed by atoms with Gasteiger partial charge in [-0.1, -0.05) is 11.6 Å². The molecule has 0 aliphatic heterocycles. The highest BCUT2D eigenvalue weighted by atomic mass is 35.5. The Morgan fingerprint density at radius 3 is 2.77 bits per heavy atom. The molecule has 0 radical (unpaired) electrons. The smallest absolute Gasteiger partial charge is 0.257 e. The van der Waals surface area contributed by atoms with Gasteiger partial charge in [0, 0.05) is 36.1 Å². The quantitative estimate of drug-likeness (QED) is 0.466. The molecule has 0 saturated carbocycles. The van der Waals surface area contributed by atoms with Crippen LogP contribution >= 0.6 is 11.6 Å². The van der Waals surface area contributed by atoms with Crippen molar-refractivity contribution in [3.63, 3.8) is 0 Å². The number of likely N-dealkylation sites (N-methyl/N-ethyl adjacent to an activating group) is 1. The Morgan fingerprint density at radius 2 is 2.03 bits per heavy atom. The lowest BCUT2D eigenvalue weighted by atomic mass is 10.2. The maximum absolute atomic E-state index is 13.6. The molecule has 31 heavy (non-hydrogen) atoms. The third kappa shape index (κ3) is 4.70. The number of pyridine rings is 1. The summed E-state index contributed by atoms with van der Waals surface area (Å²) in [5.74, 6) is 0.657. The fourth-order valence-corrected chi connectivity index (χ4v) is 3.03. The number of carbonyl (C=O) groups excluding carboxylic acids is 1. The van der Waals surface area contributed by atoms with E-state index in [9.17, 15) is 9.18 Å². The van der Waals surface area contributed by atoms with Crippen LogP contribution in [0.15, 0.2) is 60.9 Å². The minimum absolute atomic E-state index is 0.00885. The van der Waals surface area contributed by atoms with Crippen LogP contribution in [0.2, 0.25) is 5.02 Å². The van der Waals surface area contributed by atoms with Gasteiger partial charge >= 0.3 is 0 Å². The zero-order valence-electron chi connectivity index (χ0n) is 16.4. The number of hydrogen-bond donors (Lipinski definition) is 2. The second kappa shape index (κ2) is 8.93. The molecule has 0 bridgehead atoms. The van der Waals surface area contributed by atoms with Crippen LogP contribution in [0.4, 0.5) is 15.9 Å². The standard InChI is InChI=1S/C22H17ClFN5O2/c1-25-20(30)12-31-15-5-7-19-16(10-15)22(27-14-4-6-18(24)17(23)9-14)29-21(28-19)13-3-2-8-26-11-13/h2-11H,12H2,1H3,(H,25,30)(H,27,28,29). The Balaban J connectivity index is 1.79. The van der Waals surface area contributed by atoms with Gasteiger partial charge < -0.3 is 15.4 Å². The van der Waals surface area contributed by atoms with Crippen LogP contribution in [0.5, 0.6) is 5.75 Å². The van der Waals surface area contributed by atoms with E-state index in [1.54, 1.807) is 42.7 Å². The average molecular weight is 438 g/mol. The third-order valence-electron chi connectivity index (χ3n) is 4.42. The largest absolute Gasteiger partial charge is 0.484 e. The first kappa shape index (κ1) is 20.5. The summed E-state index contributed by atoms with van der Waals surface area (Å²) in [4.78, 5) is 24.9. The third-order valence-corrected chi connectivity index (χ3v) is 4.71. The first-order valence-corrected chi connectivity index (χ1v) is 9.69. The van der Waals surface area contributed by atoms with Crippen molar-refractivity contribution in [1.82, 2.24) is 20.3 Å². The van der Waals surface area contributed by atoms with E-state index in [1.165, 1.54) is 19.2 Å². The van der Waals surface area contributed by atoms with Crippen LogP contribution in [0.1, 0.15) is 0 Å². The molecule has 0 spiro atoms. The molecule has 0 aliphatic carbocycles. The number of nitrogens with zero attached hydrogens (tertiary/aromatic N) is 3. The number of aromatic nitrogens is 3. The van der Waals surface area contributed by atoms with Crippen molar-refractivity contribution >= 4 is 39.9 Å². The van der Waals surface area contributed by atoms with Gasteiger partial charge in [0.2, 0.25) is 0 Å². The molecule has 0 unspecified atom stereocenters. The maximum atomic E-state index is 13.6. The van der Waals surface area contributed by atoms with Crippen LogP contribution in [-0.4, -0.2) is 34.5 Å². The van der Waals surface area contributed by atoms with E-state index in [0.29, 0.717) is 34.0 Å². The molecular formula is C22H17ClFN5O2. The van der Waals surface area contributed by atoms with Crippen LogP contribution in [0.3, 0.4) is 0 Å². The Labute approximate surface area is 182 Å². The first-order chi connectivity index (χ1) is 15.0. The highest BCUT2D eigenvalue weighted by Gasteiger charge is 2.13. The zero-order chi connectivity index (χ0) is 21.8. The van der Waals surface area contributed by atoms with E-state index in [-0.39, 0.29) is 17.5 Å². The number of nitrogens with one attached hydrogen (secondary N) is 2. The van der Waals surface area contributed by atoms with E-state index >= 15 is 0 Å². The monoisotopic (exact) mass is 437 g/mol. The molecule has 2 N–H and O–H groups in total. The van der Waals surface area contributed by atoms with Crippen LogP contribution in [0, 0.1) is 5.82 Å². The number of halogens is 2. The minimum atomic E-state index is -0.513. The SMILES string of the molecule is CNC(=O)COc1ccc2nc(-c3cccnc3)nc(Nc3ccc(F)c(Cl)c3)c2c1. The van der Waals surface area contributed by atoms with Crippen LogP contribution < -0.4 is 15.4 Å². The lowest BCUT2D eigenvalue weighted by Gasteiger charge is -2.13. The highest BCUT2D eigenvalue weighted by molar-refractivity contribution is 6.31. The number of carbonyl (C=O) groups is 1. The van der Waals surface area contributed by atoms with Gasteiger partial charge in [0.25, 0.3) is 5.91 Å². The van der Waals surface area contributed by atoms with Crippen molar-refractivity contribution in [2.24, 2.45) is 0 Å². The number of amides is 1. The summed E-state index contributed by atoms with van der Waals surface area (Å²) in [7, 11) is 1.54. The van der Waals surface area contributed by atoms with Gasteiger partial charge in [-0.2, -0.15) is 0 Å². The molecule has 0 fully saturated rings. The number of ether oxygens (including phenoxy) is 1. The van der Waals surface area contributed by atoms with E-state index in [4.69, 9.17) is 16.3 Å². The molecule has 156 valence electrons. The molecule has 2 heterocycles. The minimum Gasteiger partial charge on any atom is -0.484 e. The Bertz CT molecular complexity index is 1250. The summed E-state index contributed by atoms with van der Waals surface area (Å²) in [5, 5.41) is 6.32. The molecule has 4 aromatic rings. The lowest BCUT2D eigenvalue weighted by Crippen LogP contribution is -2.24. The van der Waals surface area contributed by atoms with Crippen molar-refractivity contribution in [2.45, 2.75) is 0 Å². The Kier molecular flexibility index (Phi) is 5.90. The molecule has 0 aliphatic rings. The predicted octanol–water partition coefficient (Wildman–Crippen LogP) is 4.35. The van der Waals surface area contributed by atoms with Crippen molar-refractivity contribution < 1.29 is 13.9 Å². The average Bonchev–Trinajstić information content (AvgIpc) is 2.80.